The zero-order valence-corrected chi connectivity index (χ0v) is 16.8. The van der Waals surface area contributed by atoms with Crippen molar-refractivity contribution in [2.24, 2.45) is 0 Å². The van der Waals surface area contributed by atoms with Gasteiger partial charge >= 0.3 is 0 Å². The predicted molar refractivity (Wildman–Crippen MR) is 111 cm³/mol. The molecule has 4 atom stereocenters. The molecule has 4 aromatic carbocycles. The standard InChI is InChI=1S/C20H16O8S2/c21-17-13-8-11-5-4-9-2-1-3-10-6-7-12(15(11)14(9)10)16(13)19(29(23,24)25)20(18(17)22)30(26,27)28/h1-8,17-22H,(H,23,24,25)(H,26,27,28). The highest BCUT2D eigenvalue weighted by Gasteiger charge is 2.53. The molecule has 1 aliphatic rings. The van der Waals surface area contributed by atoms with Gasteiger partial charge in [0.25, 0.3) is 20.2 Å². The zero-order chi connectivity index (χ0) is 21.6. The number of benzene rings is 4. The third-order valence-electron chi connectivity index (χ3n) is 5.95. The summed E-state index contributed by atoms with van der Waals surface area (Å²) >= 11 is 0. The molecule has 0 bridgehead atoms. The van der Waals surface area contributed by atoms with Crippen LogP contribution in [0.15, 0.2) is 48.5 Å². The first-order valence-electron chi connectivity index (χ1n) is 8.99. The minimum atomic E-state index is -5.16. The van der Waals surface area contributed by atoms with Gasteiger partial charge in [-0.2, -0.15) is 16.8 Å². The van der Waals surface area contributed by atoms with Crippen LogP contribution in [-0.4, -0.2) is 47.5 Å². The van der Waals surface area contributed by atoms with Gasteiger partial charge in [-0.25, -0.2) is 0 Å². The fourth-order valence-electron chi connectivity index (χ4n) is 4.77. The Morgan fingerprint density at radius 1 is 0.733 bits per heavy atom. The first kappa shape index (κ1) is 19.6. The summed E-state index contributed by atoms with van der Waals surface area (Å²) in [4.78, 5) is 0. The summed E-state index contributed by atoms with van der Waals surface area (Å²) in [5.74, 6) is 0. The van der Waals surface area contributed by atoms with Crippen LogP contribution in [0, 0.1) is 0 Å². The molecule has 10 heteroatoms. The number of hydrogen-bond donors (Lipinski definition) is 4. The summed E-state index contributed by atoms with van der Waals surface area (Å²) < 4.78 is 68.2. The van der Waals surface area contributed by atoms with E-state index in [0.717, 1.165) is 16.2 Å². The van der Waals surface area contributed by atoms with Gasteiger partial charge in [0.05, 0.1) is 0 Å². The normalized spacial score (nSPS) is 25.2. The topological polar surface area (TPSA) is 149 Å². The first-order chi connectivity index (χ1) is 14.0. The van der Waals surface area contributed by atoms with Crippen LogP contribution >= 0.6 is 0 Å². The zero-order valence-electron chi connectivity index (χ0n) is 15.2. The van der Waals surface area contributed by atoms with Gasteiger partial charge in [-0.3, -0.25) is 9.11 Å². The van der Waals surface area contributed by atoms with E-state index in [1.54, 1.807) is 18.2 Å². The van der Waals surface area contributed by atoms with Crippen molar-refractivity contribution in [3.63, 3.8) is 0 Å². The Bertz CT molecular complexity index is 1530. The maximum Gasteiger partial charge on any atom is 0.273 e. The molecule has 0 spiro atoms. The molecule has 1 aliphatic carbocycles. The Labute approximate surface area is 171 Å². The summed E-state index contributed by atoms with van der Waals surface area (Å²) in [5, 5.41) is 20.6. The lowest BCUT2D eigenvalue weighted by molar-refractivity contribution is 0.00627. The number of aliphatic hydroxyl groups is 2. The van der Waals surface area contributed by atoms with Gasteiger partial charge in [0.15, 0.2) is 0 Å². The average molecular weight is 448 g/mol. The Morgan fingerprint density at radius 3 is 1.93 bits per heavy atom. The van der Waals surface area contributed by atoms with E-state index in [2.05, 4.69) is 0 Å². The van der Waals surface area contributed by atoms with Crippen molar-refractivity contribution < 1.29 is 36.2 Å². The molecule has 0 saturated carbocycles. The highest BCUT2D eigenvalue weighted by Crippen LogP contribution is 2.49. The van der Waals surface area contributed by atoms with Gasteiger partial charge < -0.3 is 10.2 Å². The molecule has 0 fully saturated rings. The Kier molecular flexibility index (Phi) is 3.99. The molecule has 0 amide bonds. The molecule has 0 aromatic heterocycles. The summed E-state index contributed by atoms with van der Waals surface area (Å²) in [6.45, 7) is 0. The van der Waals surface area contributed by atoms with Gasteiger partial charge in [0.2, 0.25) is 0 Å². The molecular formula is C20H16O8S2. The predicted octanol–water partition coefficient (Wildman–Crippen LogP) is 2.18. The number of rotatable bonds is 2. The van der Waals surface area contributed by atoms with E-state index in [-0.39, 0.29) is 11.1 Å². The second-order valence-corrected chi connectivity index (χ2v) is 10.7. The third-order valence-corrected chi connectivity index (χ3v) is 8.53. The second-order valence-electron chi connectivity index (χ2n) is 7.59. The van der Waals surface area contributed by atoms with E-state index in [1.165, 1.54) is 6.07 Å². The van der Waals surface area contributed by atoms with Crippen molar-refractivity contribution >= 4 is 52.6 Å². The minimum absolute atomic E-state index is 0.0177. The van der Waals surface area contributed by atoms with Crippen LogP contribution in [0.4, 0.5) is 0 Å². The van der Waals surface area contributed by atoms with E-state index in [9.17, 15) is 36.2 Å². The molecule has 0 aliphatic heterocycles. The molecule has 30 heavy (non-hydrogen) atoms. The lowest BCUT2D eigenvalue weighted by Gasteiger charge is -2.37. The van der Waals surface area contributed by atoms with Crippen LogP contribution in [0.5, 0.6) is 0 Å². The highest BCUT2D eigenvalue weighted by atomic mass is 32.2. The first-order valence-corrected chi connectivity index (χ1v) is 12.0. The van der Waals surface area contributed by atoms with Crippen LogP contribution < -0.4 is 0 Å². The van der Waals surface area contributed by atoms with Crippen LogP contribution in [0.2, 0.25) is 0 Å². The maximum atomic E-state index is 12.3. The molecule has 0 radical (unpaired) electrons. The van der Waals surface area contributed by atoms with Gasteiger partial charge in [-0.1, -0.05) is 42.5 Å². The lowest BCUT2D eigenvalue weighted by atomic mass is 9.80. The molecule has 4 unspecified atom stereocenters. The molecule has 5 rings (SSSR count). The highest BCUT2D eigenvalue weighted by molar-refractivity contribution is 7.90. The van der Waals surface area contributed by atoms with Gasteiger partial charge in [0, 0.05) is 0 Å². The molecule has 156 valence electrons. The SMILES string of the molecule is O=S(=O)(O)C1c2c(cc3ccc4cccc5ccc2c3c45)C(O)C(O)C1S(=O)(=O)O. The average Bonchev–Trinajstić information content (AvgIpc) is 2.66. The number of fused-ring (bicyclic) bond motifs is 2. The maximum absolute atomic E-state index is 12.3. The Hall–Kier alpha value is -2.34. The second kappa shape index (κ2) is 6.10. The molecular weight excluding hydrogens is 432 g/mol. The van der Waals surface area contributed by atoms with Crippen LogP contribution in [0.3, 0.4) is 0 Å². The van der Waals surface area contributed by atoms with Gasteiger partial charge in [-0.15, -0.1) is 0 Å². The van der Waals surface area contributed by atoms with E-state index in [4.69, 9.17) is 0 Å². The number of hydrogen-bond acceptors (Lipinski definition) is 6. The lowest BCUT2D eigenvalue weighted by Crippen LogP contribution is -2.48. The largest absolute Gasteiger partial charge is 0.389 e. The van der Waals surface area contributed by atoms with Crippen molar-refractivity contribution in [2.75, 3.05) is 0 Å². The fourth-order valence-corrected chi connectivity index (χ4v) is 7.63. The van der Waals surface area contributed by atoms with E-state index < -0.39 is 42.9 Å². The summed E-state index contributed by atoms with van der Waals surface area (Å²) in [6.07, 6.45) is -3.94. The molecule has 4 aromatic rings. The summed E-state index contributed by atoms with van der Waals surface area (Å²) in [7, 11) is -10.3. The van der Waals surface area contributed by atoms with Gasteiger partial charge in [-0.05, 0) is 49.5 Å². The van der Waals surface area contributed by atoms with Crippen LogP contribution in [0.1, 0.15) is 22.5 Å². The van der Waals surface area contributed by atoms with Crippen molar-refractivity contribution in [2.45, 2.75) is 22.7 Å². The van der Waals surface area contributed by atoms with Gasteiger partial charge in [0.1, 0.15) is 22.7 Å². The van der Waals surface area contributed by atoms with Crippen molar-refractivity contribution in [3.05, 3.63) is 59.7 Å². The molecule has 0 saturated heterocycles. The minimum Gasteiger partial charge on any atom is -0.389 e. The van der Waals surface area contributed by atoms with Crippen molar-refractivity contribution in [1.29, 1.82) is 0 Å². The van der Waals surface area contributed by atoms with E-state index in [1.807, 2.05) is 24.3 Å². The fraction of sp³-hybridized carbons (Fsp3) is 0.200. The Balaban J connectivity index is 2.02. The van der Waals surface area contributed by atoms with E-state index >= 15 is 0 Å². The Morgan fingerprint density at radius 2 is 1.33 bits per heavy atom. The van der Waals surface area contributed by atoms with Crippen LogP contribution in [0.25, 0.3) is 32.3 Å². The molecule has 8 nitrogen and oxygen atoms in total. The quantitative estimate of drug-likeness (QED) is 0.269. The summed E-state index contributed by atoms with van der Waals surface area (Å²) in [5.41, 5.74) is -0.167. The monoisotopic (exact) mass is 448 g/mol. The van der Waals surface area contributed by atoms with E-state index in [0.29, 0.717) is 16.2 Å². The number of aliphatic hydroxyl groups excluding tert-OH is 2. The van der Waals surface area contributed by atoms with Crippen LogP contribution in [-0.2, 0) is 20.2 Å². The molecule has 0 heterocycles. The molecule has 4 N–H and O–H groups in total. The third kappa shape index (κ3) is 2.59. The van der Waals surface area contributed by atoms with Crippen molar-refractivity contribution in [1.82, 2.24) is 0 Å². The van der Waals surface area contributed by atoms with Crippen molar-refractivity contribution in [3.8, 4) is 0 Å². The smallest absolute Gasteiger partial charge is 0.273 e. The summed E-state index contributed by atoms with van der Waals surface area (Å²) in [6, 6.07) is 14.1.